The van der Waals surface area contributed by atoms with E-state index in [9.17, 15) is 14.9 Å². The zero-order valence-corrected chi connectivity index (χ0v) is 12.3. The summed E-state index contributed by atoms with van der Waals surface area (Å²) in [6.07, 6.45) is 0.859. The maximum atomic E-state index is 11.9. The van der Waals surface area contributed by atoms with Gasteiger partial charge in [-0.15, -0.1) is 11.3 Å². The smallest absolute Gasteiger partial charge is 0.311 e. The van der Waals surface area contributed by atoms with Gasteiger partial charge in [0, 0.05) is 42.2 Å². The van der Waals surface area contributed by atoms with E-state index in [1.807, 2.05) is 0 Å². The van der Waals surface area contributed by atoms with Gasteiger partial charge >= 0.3 is 6.03 Å². The number of carbonyl (C=O) groups excluding carboxylic acids is 1. The number of amides is 2. The van der Waals surface area contributed by atoms with Crippen LogP contribution in [0, 0.1) is 10.1 Å². The Hall–Kier alpha value is -2.52. The second-order valence-electron chi connectivity index (χ2n) is 4.70. The summed E-state index contributed by atoms with van der Waals surface area (Å²) in [5, 5.41) is 19.7. The number of nitrogens with zero attached hydrogens (tertiary/aromatic N) is 2. The molecule has 1 aromatic heterocycles. The summed E-state index contributed by atoms with van der Waals surface area (Å²) in [6, 6.07) is 5.21. The second kappa shape index (κ2) is 6.08. The predicted molar refractivity (Wildman–Crippen MR) is 83.3 cm³/mol. The first-order chi connectivity index (χ1) is 10.6. The Kier molecular flexibility index (Phi) is 3.98. The van der Waals surface area contributed by atoms with Crippen molar-refractivity contribution in [3.05, 3.63) is 45.0 Å². The van der Waals surface area contributed by atoms with Gasteiger partial charge < -0.3 is 10.6 Å². The van der Waals surface area contributed by atoms with Gasteiger partial charge in [0.25, 0.3) is 5.69 Å². The normalized spacial score (nSPS) is 13.3. The predicted octanol–water partition coefficient (Wildman–Crippen LogP) is 2.34. The molecule has 3 rings (SSSR count). The number of nitro groups is 1. The summed E-state index contributed by atoms with van der Waals surface area (Å²) in [7, 11) is 0. The van der Waals surface area contributed by atoms with Gasteiger partial charge in [0.2, 0.25) is 0 Å². The Morgan fingerprint density at radius 1 is 1.32 bits per heavy atom. The van der Waals surface area contributed by atoms with Gasteiger partial charge in [-0.2, -0.15) is 0 Å². The lowest BCUT2D eigenvalue weighted by molar-refractivity contribution is -0.384. The summed E-state index contributed by atoms with van der Waals surface area (Å²) in [6.45, 7) is 1.67. The number of hydrogen-bond acceptors (Lipinski definition) is 6. The topological polar surface area (TPSA) is 109 Å². The molecule has 0 fully saturated rings. The lowest BCUT2D eigenvalue weighted by Crippen LogP contribution is -2.22. The van der Waals surface area contributed by atoms with Gasteiger partial charge in [0.05, 0.1) is 10.6 Å². The highest BCUT2D eigenvalue weighted by Crippen LogP contribution is 2.25. The number of rotatable bonds is 3. The van der Waals surface area contributed by atoms with Crippen LogP contribution in [0.1, 0.15) is 10.6 Å². The summed E-state index contributed by atoms with van der Waals surface area (Å²) in [4.78, 5) is 27.5. The van der Waals surface area contributed by atoms with Crippen LogP contribution in [0.4, 0.5) is 21.3 Å². The van der Waals surface area contributed by atoms with Crippen LogP contribution in [0.3, 0.4) is 0 Å². The molecule has 2 amide bonds. The Balaban J connectivity index is 1.62. The van der Waals surface area contributed by atoms with E-state index in [1.165, 1.54) is 35.6 Å². The third-order valence-corrected chi connectivity index (χ3v) is 4.17. The van der Waals surface area contributed by atoms with E-state index in [4.69, 9.17) is 0 Å². The van der Waals surface area contributed by atoms with Crippen LogP contribution in [0.25, 0.3) is 0 Å². The van der Waals surface area contributed by atoms with Crippen molar-refractivity contribution in [2.24, 2.45) is 0 Å². The molecule has 114 valence electrons. The maximum absolute atomic E-state index is 11.9. The average Bonchev–Trinajstić information content (AvgIpc) is 2.89. The minimum atomic E-state index is -0.488. The number of benzene rings is 1. The molecule has 0 bridgehead atoms. The van der Waals surface area contributed by atoms with E-state index in [2.05, 4.69) is 20.9 Å². The maximum Gasteiger partial charge on any atom is 0.325 e. The highest BCUT2D eigenvalue weighted by atomic mass is 32.1. The standard InChI is InChI=1S/C13H13N5O3S/c19-12(15-8-1-3-9(4-2-8)18(20)21)17-13-16-10-5-6-14-7-11(10)22-13/h1-4,14H,5-7H2,(H2,15,16,17,19). The van der Waals surface area contributed by atoms with Crippen LogP contribution in [-0.2, 0) is 13.0 Å². The van der Waals surface area contributed by atoms with Crippen LogP contribution in [0.5, 0.6) is 0 Å². The molecule has 0 atom stereocenters. The molecule has 2 aromatic rings. The van der Waals surface area contributed by atoms with Crippen molar-refractivity contribution in [3.8, 4) is 0 Å². The molecule has 2 heterocycles. The van der Waals surface area contributed by atoms with Crippen LogP contribution >= 0.6 is 11.3 Å². The van der Waals surface area contributed by atoms with Gasteiger partial charge in [-0.1, -0.05) is 0 Å². The fraction of sp³-hybridized carbons (Fsp3) is 0.231. The third kappa shape index (κ3) is 3.21. The number of non-ortho nitro benzene ring substituents is 1. The van der Waals surface area contributed by atoms with Crippen molar-refractivity contribution in [2.75, 3.05) is 17.2 Å². The van der Waals surface area contributed by atoms with Gasteiger partial charge in [0.1, 0.15) is 0 Å². The molecule has 1 aromatic carbocycles. The third-order valence-electron chi connectivity index (χ3n) is 3.16. The summed E-state index contributed by atoms with van der Waals surface area (Å²) in [5.41, 5.74) is 1.48. The number of fused-ring (bicyclic) bond motifs is 1. The Labute approximate surface area is 129 Å². The molecule has 0 radical (unpaired) electrons. The highest BCUT2D eigenvalue weighted by Gasteiger charge is 2.16. The first-order valence-electron chi connectivity index (χ1n) is 6.63. The zero-order valence-electron chi connectivity index (χ0n) is 11.5. The van der Waals surface area contributed by atoms with Crippen molar-refractivity contribution < 1.29 is 9.72 Å². The summed E-state index contributed by atoms with van der Waals surface area (Å²) in [5.74, 6) is 0. The van der Waals surface area contributed by atoms with E-state index < -0.39 is 11.0 Å². The van der Waals surface area contributed by atoms with Crippen molar-refractivity contribution in [1.82, 2.24) is 10.3 Å². The van der Waals surface area contributed by atoms with E-state index >= 15 is 0 Å². The SMILES string of the molecule is O=C(Nc1ccc([N+](=O)[O-])cc1)Nc1nc2c(s1)CNCC2. The quantitative estimate of drug-likeness (QED) is 0.594. The fourth-order valence-electron chi connectivity index (χ4n) is 2.10. The molecule has 1 aliphatic rings. The lowest BCUT2D eigenvalue weighted by atomic mass is 10.2. The molecule has 0 saturated carbocycles. The average molecular weight is 319 g/mol. The number of thiazole rings is 1. The van der Waals surface area contributed by atoms with Crippen molar-refractivity contribution in [3.63, 3.8) is 0 Å². The molecular weight excluding hydrogens is 306 g/mol. The Morgan fingerprint density at radius 3 is 2.77 bits per heavy atom. The van der Waals surface area contributed by atoms with Crippen molar-refractivity contribution >= 4 is 33.9 Å². The first-order valence-corrected chi connectivity index (χ1v) is 7.45. The number of carbonyl (C=O) groups is 1. The van der Waals surface area contributed by atoms with E-state index in [0.29, 0.717) is 10.8 Å². The molecule has 22 heavy (non-hydrogen) atoms. The molecule has 0 aliphatic carbocycles. The minimum Gasteiger partial charge on any atom is -0.311 e. The molecule has 0 spiro atoms. The number of urea groups is 1. The lowest BCUT2D eigenvalue weighted by Gasteiger charge is -2.09. The Bertz CT molecular complexity index is 689. The molecule has 3 N–H and O–H groups in total. The molecular formula is C13H13N5O3S. The van der Waals surface area contributed by atoms with Gasteiger partial charge in [0.15, 0.2) is 5.13 Å². The number of hydrogen-bond donors (Lipinski definition) is 3. The number of aromatic nitrogens is 1. The number of anilines is 2. The van der Waals surface area contributed by atoms with Gasteiger partial charge in [-0.25, -0.2) is 9.78 Å². The minimum absolute atomic E-state index is 0.0222. The molecule has 8 nitrogen and oxygen atoms in total. The van der Waals surface area contributed by atoms with Crippen LogP contribution in [0.2, 0.25) is 0 Å². The van der Waals surface area contributed by atoms with Gasteiger partial charge in [-0.05, 0) is 12.1 Å². The van der Waals surface area contributed by atoms with E-state index in [1.54, 1.807) is 0 Å². The molecule has 0 saturated heterocycles. The largest absolute Gasteiger partial charge is 0.325 e. The van der Waals surface area contributed by atoms with Crippen LogP contribution in [-0.4, -0.2) is 22.5 Å². The monoisotopic (exact) mass is 319 g/mol. The van der Waals surface area contributed by atoms with Crippen LogP contribution < -0.4 is 16.0 Å². The molecule has 9 heteroatoms. The number of nitro benzene ring substituents is 1. The number of nitrogens with one attached hydrogen (secondary N) is 3. The molecule has 1 aliphatic heterocycles. The van der Waals surface area contributed by atoms with Crippen molar-refractivity contribution in [2.45, 2.75) is 13.0 Å². The van der Waals surface area contributed by atoms with Gasteiger partial charge in [-0.3, -0.25) is 15.4 Å². The second-order valence-corrected chi connectivity index (χ2v) is 5.78. The summed E-state index contributed by atoms with van der Waals surface area (Å²) < 4.78 is 0. The zero-order chi connectivity index (χ0) is 15.5. The summed E-state index contributed by atoms with van der Waals surface area (Å²) >= 11 is 1.45. The van der Waals surface area contributed by atoms with Crippen molar-refractivity contribution in [1.29, 1.82) is 0 Å². The van der Waals surface area contributed by atoms with E-state index in [0.717, 1.165) is 30.1 Å². The van der Waals surface area contributed by atoms with E-state index in [-0.39, 0.29) is 5.69 Å². The first kappa shape index (κ1) is 14.4. The highest BCUT2D eigenvalue weighted by molar-refractivity contribution is 7.15. The fourth-order valence-corrected chi connectivity index (χ4v) is 3.08. The molecule has 0 unspecified atom stereocenters. The van der Waals surface area contributed by atoms with Crippen LogP contribution in [0.15, 0.2) is 24.3 Å². The Morgan fingerprint density at radius 2 is 2.09 bits per heavy atom.